The summed E-state index contributed by atoms with van der Waals surface area (Å²) >= 11 is 0. The molecule has 0 radical (unpaired) electrons. The molecule has 21 heavy (non-hydrogen) atoms. The summed E-state index contributed by atoms with van der Waals surface area (Å²) in [4.78, 5) is 10.3. The quantitative estimate of drug-likeness (QED) is 0.666. The van der Waals surface area contributed by atoms with Crippen LogP contribution in [0.3, 0.4) is 0 Å². The van der Waals surface area contributed by atoms with Crippen molar-refractivity contribution in [2.45, 2.75) is 6.92 Å². The van der Waals surface area contributed by atoms with Crippen molar-refractivity contribution in [3.63, 3.8) is 0 Å². The van der Waals surface area contributed by atoms with E-state index in [-0.39, 0.29) is 17.2 Å². The molecule has 0 aliphatic heterocycles. The van der Waals surface area contributed by atoms with Gasteiger partial charge in [-0.3, -0.25) is 10.1 Å². The first kappa shape index (κ1) is 14.7. The highest BCUT2D eigenvalue weighted by atomic mass is 19.1. The van der Waals surface area contributed by atoms with Crippen molar-refractivity contribution in [1.29, 1.82) is 0 Å². The van der Waals surface area contributed by atoms with E-state index in [1.165, 1.54) is 18.2 Å². The maximum Gasteiger partial charge on any atom is 0.275 e. The predicted octanol–water partition coefficient (Wildman–Crippen LogP) is 4.10. The molecule has 1 N–H and O–H groups in total. The van der Waals surface area contributed by atoms with Gasteiger partial charge < -0.3 is 10.1 Å². The fourth-order valence-electron chi connectivity index (χ4n) is 1.78. The van der Waals surface area contributed by atoms with Gasteiger partial charge in [0.05, 0.1) is 11.0 Å². The number of anilines is 1. The van der Waals surface area contributed by atoms with Crippen LogP contribution in [0.15, 0.2) is 36.4 Å². The molecule has 7 heteroatoms. The van der Waals surface area contributed by atoms with Crippen LogP contribution in [0, 0.1) is 21.7 Å². The molecule has 110 valence electrons. The van der Waals surface area contributed by atoms with Crippen LogP contribution < -0.4 is 10.1 Å². The Morgan fingerprint density at radius 3 is 2.29 bits per heavy atom. The molecule has 0 fully saturated rings. The van der Waals surface area contributed by atoms with Crippen molar-refractivity contribution in [2.24, 2.45) is 0 Å². The molecule has 0 saturated carbocycles. The number of rotatable bonds is 5. The van der Waals surface area contributed by atoms with Crippen molar-refractivity contribution in [2.75, 3.05) is 11.9 Å². The lowest BCUT2D eigenvalue weighted by atomic mass is 10.2. The Balaban J connectivity index is 2.35. The first-order chi connectivity index (χ1) is 9.97. The Morgan fingerprint density at radius 2 is 1.71 bits per heavy atom. The smallest absolute Gasteiger partial charge is 0.275 e. The van der Waals surface area contributed by atoms with Crippen molar-refractivity contribution < 1.29 is 18.4 Å². The van der Waals surface area contributed by atoms with Crippen molar-refractivity contribution >= 4 is 11.4 Å². The summed E-state index contributed by atoms with van der Waals surface area (Å²) in [5.41, 5.74) is 0.305. The van der Waals surface area contributed by atoms with Gasteiger partial charge in [-0.2, -0.15) is 0 Å². The number of nitrogens with one attached hydrogen (secondary N) is 1. The number of nitro groups is 1. The largest absolute Gasteiger partial charge is 0.457 e. The van der Waals surface area contributed by atoms with Crippen LogP contribution in [0.2, 0.25) is 0 Å². The van der Waals surface area contributed by atoms with Gasteiger partial charge in [0.25, 0.3) is 5.69 Å². The molecule has 0 bridgehead atoms. The average Bonchev–Trinajstić information content (AvgIpc) is 2.37. The predicted molar refractivity (Wildman–Crippen MR) is 73.7 cm³/mol. The molecule has 0 spiro atoms. The van der Waals surface area contributed by atoms with Gasteiger partial charge in [-0.05, 0) is 6.92 Å². The van der Waals surface area contributed by atoms with E-state index in [0.29, 0.717) is 18.3 Å². The second kappa shape index (κ2) is 6.17. The average molecular weight is 294 g/mol. The van der Waals surface area contributed by atoms with Crippen molar-refractivity contribution in [3.05, 3.63) is 58.1 Å². The number of hydrogen-bond donors (Lipinski definition) is 1. The summed E-state index contributed by atoms with van der Waals surface area (Å²) in [6.45, 7) is 2.40. The summed E-state index contributed by atoms with van der Waals surface area (Å²) in [5.74, 6) is -1.54. The van der Waals surface area contributed by atoms with Crippen LogP contribution in [-0.4, -0.2) is 11.5 Å². The minimum absolute atomic E-state index is 0.0737. The number of benzene rings is 2. The van der Waals surface area contributed by atoms with E-state index in [0.717, 1.165) is 12.1 Å². The monoisotopic (exact) mass is 294 g/mol. The molecule has 0 atom stereocenters. The molecular weight excluding hydrogens is 282 g/mol. The number of hydrogen-bond acceptors (Lipinski definition) is 4. The Hall–Kier alpha value is -2.70. The van der Waals surface area contributed by atoms with E-state index in [9.17, 15) is 18.9 Å². The fourth-order valence-corrected chi connectivity index (χ4v) is 1.78. The second-order valence-corrected chi connectivity index (χ2v) is 4.21. The molecule has 5 nitrogen and oxygen atoms in total. The SMILES string of the molecule is CCNc1cc(Oc2cc(F)cc(F)c2)cc([N+](=O)[O-])c1. The van der Waals surface area contributed by atoms with E-state index in [2.05, 4.69) is 5.32 Å². The van der Waals surface area contributed by atoms with Gasteiger partial charge in [0.2, 0.25) is 0 Å². The van der Waals surface area contributed by atoms with E-state index in [1.54, 1.807) is 0 Å². The number of halogens is 2. The van der Waals surface area contributed by atoms with Gasteiger partial charge in [0.1, 0.15) is 23.1 Å². The molecule has 0 aliphatic rings. The molecule has 0 aromatic heterocycles. The molecular formula is C14H12F2N2O3. The number of non-ortho nitro benzene ring substituents is 1. The Bertz CT molecular complexity index is 657. The summed E-state index contributed by atoms with van der Waals surface area (Å²) in [6.07, 6.45) is 0. The van der Waals surface area contributed by atoms with E-state index >= 15 is 0 Å². The maximum absolute atomic E-state index is 13.1. The lowest BCUT2D eigenvalue weighted by Gasteiger charge is -2.09. The molecule has 2 rings (SSSR count). The van der Waals surface area contributed by atoms with Crippen molar-refractivity contribution in [1.82, 2.24) is 0 Å². The van der Waals surface area contributed by atoms with Gasteiger partial charge in [-0.15, -0.1) is 0 Å². The lowest BCUT2D eigenvalue weighted by molar-refractivity contribution is -0.384. The Kier molecular flexibility index (Phi) is 4.32. The van der Waals surface area contributed by atoms with Gasteiger partial charge >= 0.3 is 0 Å². The molecule has 0 aliphatic carbocycles. The fraction of sp³-hybridized carbons (Fsp3) is 0.143. The van der Waals surface area contributed by atoms with E-state index in [4.69, 9.17) is 4.74 Å². The highest BCUT2D eigenvalue weighted by Gasteiger charge is 2.12. The zero-order chi connectivity index (χ0) is 15.4. The molecule has 0 amide bonds. The van der Waals surface area contributed by atoms with Crippen LogP contribution in [0.5, 0.6) is 11.5 Å². The first-order valence-corrected chi connectivity index (χ1v) is 6.15. The Morgan fingerprint density at radius 1 is 1.10 bits per heavy atom. The summed E-state index contributed by atoms with van der Waals surface area (Å²) < 4.78 is 31.5. The normalized spacial score (nSPS) is 10.2. The van der Waals surface area contributed by atoms with Crippen LogP contribution in [0.1, 0.15) is 6.92 Å². The lowest BCUT2D eigenvalue weighted by Crippen LogP contribution is -1.99. The van der Waals surface area contributed by atoms with E-state index < -0.39 is 16.6 Å². The molecule has 2 aromatic rings. The third-order valence-electron chi connectivity index (χ3n) is 2.55. The van der Waals surface area contributed by atoms with Gasteiger partial charge in [-0.1, -0.05) is 0 Å². The molecule has 2 aromatic carbocycles. The number of nitrogens with zero attached hydrogens (tertiary/aromatic N) is 1. The highest BCUT2D eigenvalue weighted by Crippen LogP contribution is 2.30. The van der Waals surface area contributed by atoms with Gasteiger partial charge in [-0.25, -0.2) is 8.78 Å². The highest BCUT2D eigenvalue weighted by molar-refractivity contribution is 5.57. The van der Waals surface area contributed by atoms with Crippen LogP contribution in [-0.2, 0) is 0 Å². The molecule has 0 unspecified atom stereocenters. The minimum Gasteiger partial charge on any atom is -0.457 e. The number of ether oxygens (including phenoxy) is 1. The van der Waals surface area contributed by atoms with Crippen LogP contribution >= 0.6 is 0 Å². The third-order valence-corrected chi connectivity index (χ3v) is 2.55. The molecule has 0 saturated heterocycles. The third kappa shape index (κ3) is 3.88. The topological polar surface area (TPSA) is 64.4 Å². The summed E-state index contributed by atoms with van der Waals surface area (Å²) in [5, 5.41) is 13.8. The zero-order valence-electron chi connectivity index (χ0n) is 11.1. The van der Waals surface area contributed by atoms with Crippen LogP contribution in [0.4, 0.5) is 20.2 Å². The first-order valence-electron chi connectivity index (χ1n) is 6.15. The van der Waals surface area contributed by atoms with E-state index in [1.807, 2.05) is 6.92 Å². The molecule has 0 heterocycles. The minimum atomic E-state index is -0.790. The van der Waals surface area contributed by atoms with Gasteiger partial charge in [0.15, 0.2) is 0 Å². The second-order valence-electron chi connectivity index (χ2n) is 4.21. The Labute approximate surface area is 119 Å². The summed E-state index contributed by atoms with van der Waals surface area (Å²) in [6, 6.07) is 6.75. The van der Waals surface area contributed by atoms with Gasteiger partial charge in [0, 0.05) is 42.6 Å². The summed E-state index contributed by atoms with van der Waals surface area (Å²) in [7, 11) is 0. The van der Waals surface area contributed by atoms with Crippen LogP contribution in [0.25, 0.3) is 0 Å². The number of nitro benzene ring substituents is 1. The van der Waals surface area contributed by atoms with Crippen molar-refractivity contribution in [3.8, 4) is 11.5 Å². The maximum atomic E-state index is 13.1. The zero-order valence-corrected chi connectivity index (χ0v) is 11.1. The standard InChI is InChI=1S/C14H12F2N2O3/c1-2-17-11-6-12(18(19)20)8-14(7-11)21-13-4-9(15)3-10(16)5-13/h3-8,17H,2H2,1H3.